The van der Waals surface area contributed by atoms with Crippen molar-refractivity contribution in [1.82, 2.24) is 9.80 Å². The van der Waals surface area contributed by atoms with Gasteiger partial charge in [-0.05, 0) is 74.8 Å². The molecular formula is C32H44N2O6. The Morgan fingerprint density at radius 2 is 1.75 bits per heavy atom. The minimum Gasteiger partial charge on any atom is -0.507 e. The van der Waals surface area contributed by atoms with Gasteiger partial charge in [-0.15, -0.1) is 0 Å². The molecule has 1 atom stereocenters. The zero-order valence-electron chi connectivity index (χ0n) is 25.0. The number of hydrogen-bond donors (Lipinski definition) is 1. The molecule has 1 unspecified atom stereocenters. The molecule has 1 aliphatic heterocycles. The summed E-state index contributed by atoms with van der Waals surface area (Å²) in [6.45, 7) is 10.2. The second-order valence-corrected chi connectivity index (χ2v) is 10.9. The second kappa shape index (κ2) is 14.2. The maximum atomic E-state index is 13.4. The summed E-state index contributed by atoms with van der Waals surface area (Å²) in [7, 11) is 5.38. The van der Waals surface area contributed by atoms with Gasteiger partial charge in [0, 0.05) is 18.7 Å². The first kappa shape index (κ1) is 31.0. The molecule has 218 valence electrons. The van der Waals surface area contributed by atoms with Crippen LogP contribution in [0.2, 0.25) is 0 Å². The zero-order chi connectivity index (χ0) is 29.4. The van der Waals surface area contributed by atoms with Crippen LogP contribution in [0.5, 0.6) is 17.2 Å². The van der Waals surface area contributed by atoms with Crippen molar-refractivity contribution in [3.63, 3.8) is 0 Å². The monoisotopic (exact) mass is 552 g/mol. The van der Waals surface area contributed by atoms with Crippen molar-refractivity contribution in [2.24, 2.45) is 5.92 Å². The minimum absolute atomic E-state index is 0.0534. The summed E-state index contributed by atoms with van der Waals surface area (Å²) in [5.74, 6) is 0.630. The molecular weight excluding hydrogens is 508 g/mol. The maximum Gasteiger partial charge on any atom is 0.295 e. The summed E-state index contributed by atoms with van der Waals surface area (Å²) in [5.41, 5.74) is 1.99. The van der Waals surface area contributed by atoms with E-state index in [1.807, 2.05) is 32.0 Å². The molecule has 0 spiro atoms. The average molecular weight is 553 g/mol. The van der Waals surface area contributed by atoms with Crippen molar-refractivity contribution in [2.45, 2.75) is 53.0 Å². The van der Waals surface area contributed by atoms with Crippen molar-refractivity contribution in [2.75, 3.05) is 47.5 Å². The predicted octanol–water partition coefficient (Wildman–Crippen LogP) is 5.59. The van der Waals surface area contributed by atoms with Crippen LogP contribution in [0.1, 0.15) is 62.8 Å². The molecule has 1 heterocycles. The molecule has 0 radical (unpaired) electrons. The van der Waals surface area contributed by atoms with Crippen LogP contribution in [0.25, 0.3) is 5.76 Å². The zero-order valence-corrected chi connectivity index (χ0v) is 25.0. The number of methoxy groups -OCH3 is 1. The molecule has 0 aromatic heterocycles. The van der Waals surface area contributed by atoms with E-state index in [4.69, 9.17) is 14.2 Å². The minimum atomic E-state index is -0.778. The van der Waals surface area contributed by atoms with Crippen LogP contribution in [0, 0.1) is 12.8 Å². The second-order valence-electron chi connectivity index (χ2n) is 10.9. The fourth-order valence-electron chi connectivity index (χ4n) is 4.64. The van der Waals surface area contributed by atoms with Crippen LogP contribution in [0.15, 0.2) is 42.0 Å². The fourth-order valence-corrected chi connectivity index (χ4v) is 4.64. The molecule has 1 N–H and O–H groups in total. The Kier molecular flexibility index (Phi) is 11.0. The van der Waals surface area contributed by atoms with Crippen LogP contribution in [-0.4, -0.2) is 74.1 Å². The van der Waals surface area contributed by atoms with Crippen LogP contribution in [0.3, 0.4) is 0 Å². The Morgan fingerprint density at radius 1 is 1.02 bits per heavy atom. The molecule has 1 amide bonds. The molecule has 1 fully saturated rings. The third-order valence-electron chi connectivity index (χ3n) is 6.86. The van der Waals surface area contributed by atoms with Gasteiger partial charge in [0.15, 0.2) is 11.5 Å². The lowest BCUT2D eigenvalue weighted by atomic mass is 9.94. The SMILES string of the molecule is CCCCCOc1ccc(C2/C(=C(\O)c3ccc(OCC(C)C)c(C)c3)C(=O)C(=O)N2CCN(C)C)cc1OC. The molecule has 3 rings (SSSR count). The molecule has 40 heavy (non-hydrogen) atoms. The van der Waals surface area contributed by atoms with E-state index in [0.29, 0.717) is 60.6 Å². The normalized spacial score (nSPS) is 16.7. The van der Waals surface area contributed by atoms with E-state index in [2.05, 4.69) is 20.8 Å². The van der Waals surface area contributed by atoms with E-state index in [-0.39, 0.29) is 11.3 Å². The number of aliphatic hydroxyl groups is 1. The van der Waals surface area contributed by atoms with Gasteiger partial charge in [0.1, 0.15) is 11.5 Å². The van der Waals surface area contributed by atoms with E-state index < -0.39 is 17.7 Å². The number of carbonyl (C=O) groups is 2. The van der Waals surface area contributed by atoms with Crippen molar-refractivity contribution < 1.29 is 28.9 Å². The Bertz CT molecular complexity index is 1220. The Balaban J connectivity index is 2.06. The standard InChI is InChI=1S/C32H44N2O6/c1-8-9-10-17-39-26-14-11-23(19-27(26)38-7)29-28(31(36)32(37)34(29)16-15-33(5)6)30(35)24-12-13-25(22(4)18-24)40-20-21(2)3/h11-14,18-19,21,29,35H,8-10,15-17,20H2,1-7H3/b30-28+. The molecule has 2 aromatic rings. The molecule has 0 bridgehead atoms. The maximum absolute atomic E-state index is 13.4. The lowest BCUT2D eigenvalue weighted by Gasteiger charge is -2.27. The summed E-state index contributed by atoms with van der Waals surface area (Å²) in [5, 5.41) is 11.5. The Morgan fingerprint density at radius 3 is 2.38 bits per heavy atom. The number of amides is 1. The van der Waals surface area contributed by atoms with Gasteiger partial charge in [0.25, 0.3) is 11.7 Å². The van der Waals surface area contributed by atoms with Gasteiger partial charge in [-0.1, -0.05) is 39.7 Å². The predicted molar refractivity (Wildman–Crippen MR) is 157 cm³/mol. The number of Topliss-reactive ketones (excluding diaryl/α,β-unsaturated/α-hetero) is 1. The van der Waals surface area contributed by atoms with Gasteiger partial charge >= 0.3 is 0 Å². The number of aliphatic hydroxyl groups excluding tert-OH is 1. The number of unbranched alkanes of at least 4 members (excludes halogenated alkanes) is 2. The van der Waals surface area contributed by atoms with Crippen LogP contribution in [0.4, 0.5) is 0 Å². The number of rotatable bonds is 14. The lowest BCUT2D eigenvalue weighted by Crippen LogP contribution is -2.35. The first-order chi connectivity index (χ1) is 19.1. The highest BCUT2D eigenvalue weighted by Gasteiger charge is 2.46. The Hall–Kier alpha value is -3.52. The molecule has 0 aliphatic carbocycles. The molecule has 1 saturated heterocycles. The van der Waals surface area contributed by atoms with E-state index in [1.54, 1.807) is 37.4 Å². The van der Waals surface area contributed by atoms with Gasteiger partial charge in [-0.3, -0.25) is 9.59 Å². The fraction of sp³-hybridized carbons (Fsp3) is 0.500. The van der Waals surface area contributed by atoms with E-state index in [0.717, 1.165) is 24.8 Å². The molecule has 8 nitrogen and oxygen atoms in total. The molecule has 8 heteroatoms. The lowest BCUT2D eigenvalue weighted by molar-refractivity contribution is -0.140. The largest absolute Gasteiger partial charge is 0.507 e. The van der Waals surface area contributed by atoms with Gasteiger partial charge in [0.2, 0.25) is 0 Å². The number of ketones is 1. The van der Waals surface area contributed by atoms with Crippen LogP contribution >= 0.6 is 0 Å². The number of aryl methyl sites for hydroxylation is 1. The van der Waals surface area contributed by atoms with E-state index in [9.17, 15) is 14.7 Å². The number of likely N-dealkylation sites (N-methyl/N-ethyl adjacent to an activating group) is 1. The van der Waals surface area contributed by atoms with E-state index >= 15 is 0 Å². The van der Waals surface area contributed by atoms with Crippen molar-refractivity contribution in [3.8, 4) is 17.2 Å². The first-order valence-corrected chi connectivity index (χ1v) is 14.1. The number of hydrogen-bond acceptors (Lipinski definition) is 7. The molecule has 1 aliphatic rings. The van der Waals surface area contributed by atoms with Gasteiger partial charge < -0.3 is 29.1 Å². The summed E-state index contributed by atoms with van der Waals surface area (Å²) < 4.78 is 17.4. The number of ether oxygens (including phenoxy) is 3. The van der Waals surface area contributed by atoms with Crippen molar-refractivity contribution in [1.29, 1.82) is 0 Å². The summed E-state index contributed by atoms with van der Waals surface area (Å²) >= 11 is 0. The van der Waals surface area contributed by atoms with Crippen LogP contribution in [-0.2, 0) is 9.59 Å². The molecule has 2 aromatic carbocycles. The topological polar surface area (TPSA) is 88.5 Å². The summed E-state index contributed by atoms with van der Waals surface area (Å²) in [6, 6.07) is 9.93. The third kappa shape index (κ3) is 7.36. The first-order valence-electron chi connectivity index (χ1n) is 14.1. The van der Waals surface area contributed by atoms with Crippen molar-refractivity contribution in [3.05, 3.63) is 58.7 Å². The number of carbonyl (C=O) groups excluding carboxylic acids is 2. The van der Waals surface area contributed by atoms with Crippen molar-refractivity contribution >= 4 is 17.4 Å². The Labute approximate surface area is 238 Å². The quantitative estimate of drug-likeness (QED) is 0.141. The summed E-state index contributed by atoms with van der Waals surface area (Å²) in [4.78, 5) is 30.2. The smallest absolute Gasteiger partial charge is 0.295 e. The van der Waals surface area contributed by atoms with Gasteiger partial charge in [0.05, 0.1) is 31.9 Å². The highest BCUT2D eigenvalue weighted by molar-refractivity contribution is 6.46. The number of likely N-dealkylation sites (tertiary alicyclic amines) is 1. The van der Waals surface area contributed by atoms with E-state index in [1.165, 1.54) is 4.90 Å². The van der Waals surface area contributed by atoms with Crippen LogP contribution < -0.4 is 14.2 Å². The summed E-state index contributed by atoms with van der Waals surface area (Å²) in [6.07, 6.45) is 3.11. The number of benzene rings is 2. The highest BCUT2D eigenvalue weighted by Crippen LogP contribution is 2.42. The average Bonchev–Trinajstić information content (AvgIpc) is 3.17. The number of nitrogens with zero attached hydrogens (tertiary/aromatic N) is 2. The van der Waals surface area contributed by atoms with Gasteiger partial charge in [-0.2, -0.15) is 0 Å². The third-order valence-corrected chi connectivity index (χ3v) is 6.86. The highest BCUT2D eigenvalue weighted by atomic mass is 16.5. The molecule has 0 saturated carbocycles. The van der Waals surface area contributed by atoms with Gasteiger partial charge in [-0.25, -0.2) is 0 Å².